The predicted octanol–water partition coefficient (Wildman–Crippen LogP) is 3.09. The molecular formula is C19H20FN3O2S. The first-order chi connectivity index (χ1) is 12.6. The number of nitrogens with zero attached hydrogens (tertiary/aromatic N) is 1. The molecule has 2 aromatic rings. The van der Waals surface area contributed by atoms with Gasteiger partial charge in [0.2, 0.25) is 5.91 Å². The number of urea groups is 1. The summed E-state index contributed by atoms with van der Waals surface area (Å²) < 4.78 is 13.0. The summed E-state index contributed by atoms with van der Waals surface area (Å²) in [6, 6.07) is 14.6. The zero-order chi connectivity index (χ0) is 18.4. The Morgan fingerprint density at radius 3 is 2.58 bits per heavy atom. The van der Waals surface area contributed by atoms with Gasteiger partial charge >= 0.3 is 6.03 Å². The summed E-state index contributed by atoms with van der Waals surface area (Å²) in [7, 11) is 0. The van der Waals surface area contributed by atoms with Gasteiger partial charge in [-0.15, -0.1) is 11.8 Å². The van der Waals surface area contributed by atoms with Crippen molar-refractivity contribution >= 4 is 29.4 Å². The quantitative estimate of drug-likeness (QED) is 0.847. The highest BCUT2D eigenvalue weighted by Crippen LogP contribution is 2.22. The van der Waals surface area contributed by atoms with Crippen molar-refractivity contribution in [1.82, 2.24) is 10.2 Å². The molecule has 136 valence electrons. The van der Waals surface area contributed by atoms with Crippen molar-refractivity contribution in [2.24, 2.45) is 0 Å². The molecule has 0 unspecified atom stereocenters. The minimum Gasteiger partial charge on any atom is -0.354 e. The molecule has 3 rings (SSSR count). The average molecular weight is 373 g/mol. The van der Waals surface area contributed by atoms with Crippen LogP contribution in [0.1, 0.15) is 5.56 Å². The second-order valence-electron chi connectivity index (χ2n) is 5.95. The lowest BCUT2D eigenvalue weighted by Crippen LogP contribution is -2.49. The zero-order valence-electron chi connectivity index (χ0n) is 14.2. The lowest BCUT2D eigenvalue weighted by molar-refractivity contribution is -0.124. The second-order valence-corrected chi connectivity index (χ2v) is 6.95. The molecule has 5 nitrogen and oxygen atoms in total. The lowest BCUT2D eigenvalue weighted by atomic mass is 10.1. The largest absolute Gasteiger partial charge is 0.354 e. The maximum atomic E-state index is 13.0. The first-order valence-corrected chi connectivity index (χ1v) is 9.51. The fraction of sp³-hybridized carbons (Fsp3) is 0.263. The Bertz CT molecular complexity index is 755. The Morgan fingerprint density at radius 1 is 1.12 bits per heavy atom. The van der Waals surface area contributed by atoms with E-state index in [2.05, 4.69) is 10.6 Å². The summed E-state index contributed by atoms with van der Waals surface area (Å²) in [5, 5.41) is 5.61. The summed E-state index contributed by atoms with van der Waals surface area (Å²) in [5.74, 6) is 0.494. The van der Waals surface area contributed by atoms with Crippen LogP contribution in [-0.4, -0.2) is 41.1 Å². The van der Waals surface area contributed by atoms with Gasteiger partial charge in [-0.3, -0.25) is 4.79 Å². The molecular weight excluding hydrogens is 353 g/mol. The normalized spacial score (nSPS) is 16.3. The summed E-state index contributed by atoms with van der Waals surface area (Å²) in [6.07, 6.45) is 0.744. The Morgan fingerprint density at radius 2 is 1.85 bits per heavy atom. The van der Waals surface area contributed by atoms with Crippen molar-refractivity contribution < 1.29 is 14.0 Å². The number of rotatable bonds is 5. The van der Waals surface area contributed by atoms with E-state index in [1.807, 2.05) is 30.3 Å². The number of halogens is 1. The number of benzene rings is 2. The van der Waals surface area contributed by atoms with Gasteiger partial charge in [0, 0.05) is 18.0 Å². The highest BCUT2D eigenvalue weighted by molar-refractivity contribution is 7.99. The number of carbonyl (C=O) groups is 2. The fourth-order valence-electron chi connectivity index (χ4n) is 2.68. The Labute approximate surface area is 156 Å². The van der Waals surface area contributed by atoms with Gasteiger partial charge < -0.3 is 15.5 Å². The van der Waals surface area contributed by atoms with Crippen molar-refractivity contribution in [3.63, 3.8) is 0 Å². The molecule has 1 aliphatic heterocycles. The molecule has 3 amide bonds. The average Bonchev–Trinajstić information content (AvgIpc) is 3.14. The Hall–Kier alpha value is -2.54. The molecule has 0 saturated carbocycles. The molecule has 1 heterocycles. The summed E-state index contributed by atoms with van der Waals surface area (Å²) in [4.78, 5) is 26.4. The smallest absolute Gasteiger partial charge is 0.323 e. The monoisotopic (exact) mass is 373 g/mol. The van der Waals surface area contributed by atoms with Gasteiger partial charge in [-0.05, 0) is 36.2 Å². The third-order valence-electron chi connectivity index (χ3n) is 4.10. The van der Waals surface area contributed by atoms with E-state index in [1.54, 1.807) is 0 Å². The van der Waals surface area contributed by atoms with E-state index in [4.69, 9.17) is 0 Å². The van der Waals surface area contributed by atoms with E-state index < -0.39 is 6.04 Å². The zero-order valence-corrected chi connectivity index (χ0v) is 15.0. The molecule has 2 aromatic carbocycles. The number of amides is 3. The third-order valence-corrected chi connectivity index (χ3v) is 5.11. The third kappa shape index (κ3) is 4.76. The number of thioether (sulfide) groups is 1. The molecule has 1 fully saturated rings. The summed E-state index contributed by atoms with van der Waals surface area (Å²) in [5.41, 5.74) is 1.65. The van der Waals surface area contributed by atoms with E-state index in [-0.39, 0.29) is 17.8 Å². The van der Waals surface area contributed by atoms with Gasteiger partial charge in [-0.25, -0.2) is 9.18 Å². The molecule has 0 aliphatic carbocycles. The maximum absolute atomic E-state index is 13.0. The Balaban J connectivity index is 1.52. The topological polar surface area (TPSA) is 61.4 Å². The van der Waals surface area contributed by atoms with Crippen LogP contribution in [-0.2, 0) is 11.2 Å². The molecule has 26 heavy (non-hydrogen) atoms. The number of hydrogen-bond donors (Lipinski definition) is 2. The van der Waals surface area contributed by atoms with Gasteiger partial charge in [0.25, 0.3) is 0 Å². The molecule has 0 radical (unpaired) electrons. The maximum Gasteiger partial charge on any atom is 0.323 e. The molecule has 0 bridgehead atoms. The van der Waals surface area contributed by atoms with Crippen molar-refractivity contribution in [2.75, 3.05) is 23.5 Å². The SMILES string of the molecule is O=C(NCCc1ccccc1)[C@H]1CSCN1C(=O)Nc1ccc(F)cc1. The van der Waals surface area contributed by atoms with E-state index in [1.165, 1.54) is 40.9 Å². The van der Waals surface area contributed by atoms with Crippen molar-refractivity contribution in [1.29, 1.82) is 0 Å². The molecule has 0 aromatic heterocycles. The summed E-state index contributed by atoms with van der Waals surface area (Å²) >= 11 is 1.53. The first-order valence-electron chi connectivity index (χ1n) is 8.36. The van der Waals surface area contributed by atoms with Gasteiger partial charge in [0.15, 0.2) is 0 Å². The van der Waals surface area contributed by atoms with Crippen LogP contribution in [0.4, 0.5) is 14.9 Å². The number of hydrogen-bond acceptors (Lipinski definition) is 3. The van der Waals surface area contributed by atoms with Crippen molar-refractivity contribution in [2.45, 2.75) is 12.5 Å². The predicted molar refractivity (Wildman–Crippen MR) is 102 cm³/mol. The van der Waals surface area contributed by atoms with Crippen molar-refractivity contribution in [3.8, 4) is 0 Å². The molecule has 1 aliphatic rings. The van der Waals surface area contributed by atoms with E-state index in [0.717, 1.165) is 12.0 Å². The number of nitrogens with one attached hydrogen (secondary N) is 2. The number of carbonyl (C=O) groups excluding carboxylic acids is 2. The van der Waals surface area contributed by atoms with Crippen LogP contribution in [0.2, 0.25) is 0 Å². The van der Waals surface area contributed by atoms with Gasteiger partial charge in [-0.2, -0.15) is 0 Å². The van der Waals surface area contributed by atoms with Crippen LogP contribution in [0, 0.1) is 5.82 Å². The minimum atomic E-state index is -0.503. The number of anilines is 1. The van der Waals surface area contributed by atoms with Crippen LogP contribution >= 0.6 is 11.8 Å². The van der Waals surface area contributed by atoms with Gasteiger partial charge in [-0.1, -0.05) is 30.3 Å². The molecule has 7 heteroatoms. The highest BCUT2D eigenvalue weighted by atomic mass is 32.2. The molecule has 1 saturated heterocycles. The molecule has 1 atom stereocenters. The summed E-state index contributed by atoms with van der Waals surface area (Å²) in [6.45, 7) is 0.525. The fourth-order valence-corrected chi connectivity index (χ4v) is 3.83. The lowest BCUT2D eigenvalue weighted by Gasteiger charge is -2.23. The van der Waals surface area contributed by atoms with Crippen LogP contribution < -0.4 is 10.6 Å². The van der Waals surface area contributed by atoms with Gasteiger partial charge in [0.1, 0.15) is 11.9 Å². The Kier molecular flexibility index (Phi) is 6.12. The molecule has 2 N–H and O–H groups in total. The standard InChI is InChI=1S/C19H20FN3O2S/c20-15-6-8-16(9-7-15)22-19(25)23-13-26-12-17(23)18(24)21-11-10-14-4-2-1-3-5-14/h1-9,17H,10-13H2,(H,21,24)(H,22,25)/t17-/m1/s1. The van der Waals surface area contributed by atoms with Crippen LogP contribution in [0.5, 0.6) is 0 Å². The second kappa shape index (κ2) is 8.71. The minimum absolute atomic E-state index is 0.153. The first kappa shape index (κ1) is 18.3. The van der Waals surface area contributed by atoms with Crippen LogP contribution in [0.3, 0.4) is 0 Å². The van der Waals surface area contributed by atoms with Gasteiger partial charge in [0.05, 0.1) is 5.88 Å². The van der Waals surface area contributed by atoms with E-state index in [0.29, 0.717) is 23.9 Å². The van der Waals surface area contributed by atoms with E-state index >= 15 is 0 Å². The van der Waals surface area contributed by atoms with Crippen LogP contribution in [0.15, 0.2) is 54.6 Å². The molecule has 0 spiro atoms. The van der Waals surface area contributed by atoms with E-state index in [9.17, 15) is 14.0 Å². The van der Waals surface area contributed by atoms with Crippen LogP contribution in [0.25, 0.3) is 0 Å². The van der Waals surface area contributed by atoms with Crippen molar-refractivity contribution in [3.05, 3.63) is 66.0 Å². The highest BCUT2D eigenvalue weighted by Gasteiger charge is 2.34.